The number of anilines is 2. The minimum absolute atomic E-state index is 0.0388. The van der Waals surface area contributed by atoms with E-state index in [1.807, 2.05) is 18.2 Å². The zero-order valence-corrected chi connectivity index (χ0v) is 16.4. The number of hydrogen-bond acceptors (Lipinski definition) is 5. The van der Waals surface area contributed by atoms with Gasteiger partial charge in [-0.1, -0.05) is 12.1 Å². The molecule has 2 aromatic carbocycles. The number of carbonyl (C=O) groups excluding carboxylic acids is 2. The van der Waals surface area contributed by atoms with Crippen LogP contribution in [-0.2, 0) is 19.6 Å². The van der Waals surface area contributed by atoms with E-state index in [0.29, 0.717) is 11.3 Å². The molecular formula is C18H19N3O4S2. The summed E-state index contributed by atoms with van der Waals surface area (Å²) in [7, 11) is -3.89. The standard InChI is InChI=1S/C18H19N3O4S2/c1-10-7-12(27(19,24)25)8-14(11(10)2)20-17(22)9-16-18(23)21-13-5-3-4-6-15(13)26-16/h3-8,16H,9H2,1-2H3,(H,20,22)(H,21,23)(H2,19,24,25). The van der Waals surface area contributed by atoms with E-state index in [1.165, 1.54) is 23.9 Å². The molecule has 0 radical (unpaired) electrons. The van der Waals surface area contributed by atoms with Gasteiger partial charge in [0.25, 0.3) is 0 Å². The highest BCUT2D eigenvalue weighted by Crippen LogP contribution is 2.36. The molecule has 0 spiro atoms. The number of fused-ring (bicyclic) bond motifs is 1. The number of nitrogens with one attached hydrogen (secondary N) is 2. The molecule has 1 aliphatic heterocycles. The third-order valence-electron chi connectivity index (χ3n) is 4.32. The fourth-order valence-corrected chi connectivity index (χ4v) is 4.45. The van der Waals surface area contributed by atoms with Crippen LogP contribution in [0.4, 0.5) is 11.4 Å². The van der Waals surface area contributed by atoms with E-state index in [0.717, 1.165) is 16.1 Å². The molecule has 0 fully saturated rings. The highest BCUT2D eigenvalue weighted by Gasteiger charge is 2.29. The van der Waals surface area contributed by atoms with Crippen LogP contribution in [0.3, 0.4) is 0 Å². The summed E-state index contributed by atoms with van der Waals surface area (Å²) in [4.78, 5) is 25.6. The quantitative estimate of drug-likeness (QED) is 0.722. The van der Waals surface area contributed by atoms with Crippen molar-refractivity contribution in [1.82, 2.24) is 0 Å². The molecule has 1 heterocycles. The molecule has 7 nitrogen and oxygen atoms in total. The average molecular weight is 406 g/mol. The van der Waals surface area contributed by atoms with Gasteiger partial charge < -0.3 is 10.6 Å². The number of amides is 2. The molecule has 0 bridgehead atoms. The number of rotatable bonds is 4. The first-order chi connectivity index (χ1) is 12.6. The number of nitrogens with two attached hydrogens (primary N) is 1. The topological polar surface area (TPSA) is 118 Å². The molecule has 2 aromatic rings. The van der Waals surface area contributed by atoms with Crippen molar-refractivity contribution in [2.45, 2.75) is 35.3 Å². The smallest absolute Gasteiger partial charge is 0.238 e. The van der Waals surface area contributed by atoms with Gasteiger partial charge in [0.2, 0.25) is 21.8 Å². The zero-order valence-electron chi connectivity index (χ0n) is 14.8. The lowest BCUT2D eigenvalue weighted by Crippen LogP contribution is -2.32. The van der Waals surface area contributed by atoms with Crippen LogP contribution < -0.4 is 15.8 Å². The van der Waals surface area contributed by atoms with Crippen molar-refractivity contribution >= 4 is 45.0 Å². The number of hydrogen-bond donors (Lipinski definition) is 3. The van der Waals surface area contributed by atoms with Crippen LogP contribution in [0.5, 0.6) is 0 Å². The Hall–Kier alpha value is -2.36. The Balaban J connectivity index is 1.77. The van der Waals surface area contributed by atoms with Crippen LogP contribution in [0.1, 0.15) is 17.5 Å². The molecule has 4 N–H and O–H groups in total. The van der Waals surface area contributed by atoms with Crippen molar-refractivity contribution in [3.63, 3.8) is 0 Å². The van der Waals surface area contributed by atoms with E-state index in [1.54, 1.807) is 19.9 Å². The summed E-state index contributed by atoms with van der Waals surface area (Å²) >= 11 is 1.33. The molecule has 3 rings (SSSR count). The molecule has 9 heteroatoms. The van der Waals surface area contributed by atoms with Gasteiger partial charge in [-0.2, -0.15) is 0 Å². The average Bonchev–Trinajstić information content (AvgIpc) is 2.58. The lowest BCUT2D eigenvalue weighted by molar-refractivity contribution is -0.120. The second-order valence-electron chi connectivity index (χ2n) is 6.30. The summed E-state index contributed by atoms with van der Waals surface area (Å²) in [5.74, 6) is -0.615. The molecule has 0 aliphatic carbocycles. The minimum Gasteiger partial charge on any atom is -0.326 e. The van der Waals surface area contributed by atoms with Crippen LogP contribution in [0.2, 0.25) is 0 Å². The molecule has 27 heavy (non-hydrogen) atoms. The molecule has 1 aliphatic rings. The molecule has 1 atom stereocenters. The van der Waals surface area contributed by atoms with Crippen molar-refractivity contribution in [3.05, 3.63) is 47.5 Å². The van der Waals surface area contributed by atoms with Crippen LogP contribution in [0, 0.1) is 13.8 Å². The lowest BCUT2D eigenvalue weighted by Gasteiger charge is -2.23. The van der Waals surface area contributed by atoms with Gasteiger partial charge in [0, 0.05) is 17.0 Å². The molecule has 0 saturated heterocycles. The molecule has 0 saturated carbocycles. The van der Waals surface area contributed by atoms with Gasteiger partial charge in [-0.25, -0.2) is 13.6 Å². The maximum atomic E-state index is 12.5. The molecule has 0 aromatic heterocycles. The predicted octanol–water partition coefficient (Wildman–Crippen LogP) is 2.39. The summed E-state index contributed by atoms with van der Waals surface area (Å²) in [6, 6.07) is 10.2. The Labute approximate surface area is 161 Å². The van der Waals surface area contributed by atoms with Crippen LogP contribution >= 0.6 is 11.8 Å². The monoisotopic (exact) mass is 405 g/mol. The van der Waals surface area contributed by atoms with Crippen LogP contribution in [0.25, 0.3) is 0 Å². The highest BCUT2D eigenvalue weighted by molar-refractivity contribution is 8.01. The summed E-state index contributed by atoms with van der Waals surface area (Å²) in [6.45, 7) is 3.51. The SMILES string of the molecule is Cc1cc(S(N)(=O)=O)cc(NC(=O)CC2Sc3ccccc3NC2=O)c1C. The predicted molar refractivity (Wildman–Crippen MR) is 105 cm³/mol. The Morgan fingerprint density at radius 1 is 1.26 bits per heavy atom. The fourth-order valence-electron chi connectivity index (χ4n) is 2.72. The van der Waals surface area contributed by atoms with Crippen LogP contribution in [-0.4, -0.2) is 25.5 Å². The Morgan fingerprint density at radius 2 is 1.96 bits per heavy atom. The number of carbonyl (C=O) groups is 2. The van der Waals surface area contributed by atoms with Gasteiger partial charge in [-0.3, -0.25) is 9.59 Å². The van der Waals surface area contributed by atoms with Gasteiger partial charge in [-0.05, 0) is 49.2 Å². The summed E-state index contributed by atoms with van der Waals surface area (Å²) < 4.78 is 23.2. The number of sulfonamides is 1. The number of benzene rings is 2. The lowest BCUT2D eigenvalue weighted by atomic mass is 10.1. The third-order valence-corrected chi connectivity index (χ3v) is 6.49. The van der Waals surface area contributed by atoms with Gasteiger partial charge in [0.05, 0.1) is 15.8 Å². The second kappa shape index (κ2) is 7.34. The van der Waals surface area contributed by atoms with Crippen LogP contribution in [0.15, 0.2) is 46.2 Å². The maximum absolute atomic E-state index is 12.5. The third kappa shape index (κ3) is 4.32. The number of aryl methyl sites for hydroxylation is 1. The minimum atomic E-state index is -3.89. The highest BCUT2D eigenvalue weighted by atomic mass is 32.2. The first-order valence-electron chi connectivity index (χ1n) is 8.15. The van der Waals surface area contributed by atoms with E-state index < -0.39 is 15.3 Å². The molecule has 2 amide bonds. The zero-order chi connectivity index (χ0) is 19.8. The molecule has 1 unspecified atom stereocenters. The normalized spacial score (nSPS) is 16.4. The summed E-state index contributed by atoms with van der Waals surface area (Å²) in [6.07, 6.45) is -0.0388. The second-order valence-corrected chi connectivity index (χ2v) is 9.11. The van der Waals surface area contributed by atoms with Gasteiger partial charge in [0.1, 0.15) is 0 Å². The van der Waals surface area contributed by atoms with Gasteiger partial charge in [0.15, 0.2) is 0 Å². The number of thioether (sulfide) groups is 1. The van der Waals surface area contributed by atoms with E-state index in [-0.39, 0.29) is 23.1 Å². The largest absolute Gasteiger partial charge is 0.326 e. The van der Waals surface area contributed by atoms with E-state index >= 15 is 0 Å². The van der Waals surface area contributed by atoms with Crippen molar-refractivity contribution in [2.75, 3.05) is 10.6 Å². The first kappa shape index (κ1) is 19.4. The summed E-state index contributed by atoms with van der Waals surface area (Å²) in [5.41, 5.74) is 2.53. The van der Waals surface area contributed by atoms with E-state index in [9.17, 15) is 18.0 Å². The summed E-state index contributed by atoms with van der Waals surface area (Å²) in [5, 5.41) is 10.1. The van der Waals surface area contributed by atoms with E-state index in [2.05, 4.69) is 10.6 Å². The Kier molecular flexibility index (Phi) is 5.27. The maximum Gasteiger partial charge on any atom is 0.238 e. The van der Waals surface area contributed by atoms with Crippen molar-refractivity contribution < 1.29 is 18.0 Å². The van der Waals surface area contributed by atoms with Gasteiger partial charge in [-0.15, -0.1) is 11.8 Å². The number of primary sulfonamides is 1. The Bertz CT molecular complexity index is 1030. The van der Waals surface area contributed by atoms with Crippen molar-refractivity contribution in [1.29, 1.82) is 0 Å². The van der Waals surface area contributed by atoms with Gasteiger partial charge >= 0.3 is 0 Å². The fraction of sp³-hybridized carbons (Fsp3) is 0.222. The Morgan fingerprint density at radius 3 is 2.67 bits per heavy atom. The van der Waals surface area contributed by atoms with Crippen molar-refractivity contribution in [3.8, 4) is 0 Å². The molecule has 142 valence electrons. The first-order valence-corrected chi connectivity index (χ1v) is 10.6. The van der Waals surface area contributed by atoms with Crippen molar-refractivity contribution in [2.24, 2.45) is 5.14 Å². The van der Waals surface area contributed by atoms with E-state index in [4.69, 9.17) is 5.14 Å². The number of para-hydroxylation sites is 1. The molecular weight excluding hydrogens is 386 g/mol.